The van der Waals surface area contributed by atoms with Crippen molar-refractivity contribution in [2.75, 3.05) is 13.7 Å². The molecule has 0 spiro atoms. The van der Waals surface area contributed by atoms with Crippen molar-refractivity contribution in [3.63, 3.8) is 0 Å². The molecule has 0 unspecified atom stereocenters. The van der Waals surface area contributed by atoms with E-state index in [1.165, 1.54) is 0 Å². The van der Waals surface area contributed by atoms with Gasteiger partial charge in [-0.25, -0.2) is 14.0 Å². The number of benzene rings is 2. The van der Waals surface area contributed by atoms with Crippen molar-refractivity contribution >= 4 is 29.5 Å². The number of non-ortho nitro benzene ring substituents is 2. The summed E-state index contributed by atoms with van der Waals surface area (Å²) in [5.41, 5.74) is -0.786. The van der Waals surface area contributed by atoms with Crippen LogP contribution in [0.5, 0.6) is 0 Å². The first-order valence-electron chi connectivity index (χ1n) is 9.39. The van der Waals surface area contributed by atoms with E-state index in [0.717, 1.165) is 55.6 Å². The molecule has 14 heteroatoms. The van der Waals surface area contributed by atoms with Gasteiger partial charge in [-0.05, 0) is 24.3 Å². The fourth-order valence-electron chi connectivity index (χ4n) is 2.53. The number of nitro benzene ring substituents is 2. The molecule has 2 aromatic carbocycles. The molecular weight excluding hydrogens is 461 g/mol. The maximum atomic E-state index is 14.6. The molecule has 0 aliphatic heterocycles. The number of esters is 2. The van der Waals surface area contributed by atoms with Crippen LogP contribution < -0.4 is 0 Å². The van der Waals surface area contributed by atoms with Crippen molar-refractivity contribution < 1.29 is 43.2 Å². The van der Waals surface area contributed by atoms with Gasteiger partial charge in [0, 0.05) is 24.3 Å². The lowest BCUT2D eigenvalue weighted by Crippen LogP contribution is -2.43. The van der Waals surface area contributed by atoms with Gasteiger partial charge in [-0.3, -0.25) is 20.2 Å². The number of aliphatic hydroxyl groups is 1. The third-order valence-corrected chi connectivity index (χ3v) is 4.26. The summed E-state index contributed by atoms with van der Waals surface area (Å²) in [7, 11) is 1.13. The first-order chi connectivity index (χ1) is 16.1. The molecule has 0 saturated carbocycles. The van der Waals surface area contributed by atoms with Crippen LogP contribution >= 0.6 is 0 Å². The molecule has 0 aliphatic carbocycles. The van der Waals surface area contributed by atoms with E-state index in [0.29, 0.717) is 6.21 Å². The third-order valence-electron chi connectivity index (χ3n) is 4.26. The Balaban J connectivity index is 2.10. The van der Waals surface area contributed by atoms with Gasteiger partial charge in [0.1, 0.15) is 19.8 Å². The Morgan fingerprint density at radius 2 is 1.47 bits per heavy atom. The number of rotatable bonds is 11. The molecule has 0 bridgehead atoms. The number of nitrogens with zero attached hydrogens (tertiary/aromatic N) is 3. The van der Waals surface area contributed by atoms with Gasteiger partial charge in [-0.1, -0.05) is 5.16 Å². The minimum absolute atomic E-state index is 0.0741. The van der Waals surface area contributed by atoms with E-state index < -0.39 is 46.8 Å². The number of carbonyl (C=O) groups excluding carboxylic acids is 2. The van der Waals surface area contributed by atoms with E-state index in [1.807, 2.05) is 0 Å². The Hall–Kier alpha value is -4.46. The molecule has 1 N–H and O–H groups in total. The Bertz CT molecular complexity index is 1060. The molecule has 0 fully saturated rings. The lowest BCUT2D eigenvalue weighted by atomic mass is 10.1. The zero-order valence-electron chi connectivity index (χ0n) is 17.5. The fraction of sp³-hybridized carbons (Fsp3) is 0.250. The number of aliphatic hydroxyl groups excluding tert-OH is 1. The SMILES string of the molecule is CON=C[C@@H](F)[C@H](OC(=O)c1ccc([N+](=O)[O-])cc1)[C@H](O)COC(=O)c1ccc([N+](=O)[O-])cc1. The van der Waals surface area contributed by atoms with Crippen molar-refractivity contribution in [1.29, 1.82) is 0 Å². The van der Waals surface area contributed by atoms with E-state index in [4.69, 9.17) is 9.47 Å². The summed E-state index contributed by atoms with van der Waals surface area (Å²) in [4.78, 5) is 48.9. The first kappa shape index (κ1) is 25.8. The molecule has 0 aliphatic rings. The van der Waals surface area contributed by atoms with Gasteiger partial charge < -0.3 is 19.4 Å². The highest BCUT2D eigenvalue weighted by atomic mass is 19.1. The molecular formula is C20H18FN3O10. The summed E-state index contributed by atoms with van der Waals surface area (Å²) in [5, 5.41) is 34.9. The highest BCUT2D eigenvalue weighted by molar-refractivity contribution is 5.90. The molecule has 0 amide bonds. The highest BCUT2D eigenvalue weighted by Gasteiger charge is 2.33. The highest BCUT2D eigenvalue weighted by Crippen LogP contribution is 2.17. The maximum absolute atomic E-state index is 14.6. The molecule has 180 valence electrons. The van der Waals surface area contributed by atoms with Gasteiger partial charge in [-0.2, -0.15) is 0 Å². The lowest BCUT2D eigenvalue weighted by Gasteiger charge is -2.24. The van der Waals surface area contributed by atoms with E-state index in [9.17, 15) is 39.3 Å². The van der Waals surface area contributed by atoms with Crippen LogP contribution in [0.4, 0.5) is 15.8 Å². The van der Waals surface area contributed by atoms with Crippen LogP contribution in [0.2, 0.25) is 0 Å². The maximum Gasteiger partial charge on any atom is 0.338 e. The summed E-state index contributed by atoms with van der Waals surface area (Å²) in [6, 6.07) is 8.62. The Labute approximate surface area is 190 Å². The predicted molar refractivity (Wildman–Crippen MR) is 112 cm³/mol. The van der Waals surface area contributed by atoms with Crippen LogP contribution in [-0.2, 0) is 14.3 Å². The normalized spacial score (nSPS) is 13.5. The Morgan fingerprint density at radius 3 is 1.91 bits per heavy atom. The van der Waals surface area contributed by atoms with E-state index in [-0.39, 0.29) is 22.5 Å². The topological polar surface area (TPSA) is 181 Å². The summed E-state index contributed by atoms with van der Waals surface area (Å²) < 4.78 is 24.4. The van der Waals surface area contributed by atoms with Crippen LogP contribution in [0, 0.1) is 20.2 Å². The van der Waals surface area contributed by atoms with Gasteiger partial charge in [0.25, 0.3) is 11.4 Å². The van der Waals surface area contributed by atoms with Gasteiger partial charge >= 0.3 is 11.9 Å². The predicted octanol–water partition coefficient (Wildman–Crippen LogP) is 2.22. The largest absolute Gasteiger partial charge is 0.459 e. The summed E-state index contributed by atoms with van der Waals surface area (Å²) >= 11 is 0. The molecule has 0 heterocycles. The number of ether oxygens (including phenoxy) is 2. The number of alkyl halides is 1. The fourth-order valence-corrected chi connectivity index (χ4v) is 2.53. The molecule has 2 aromatic rings. The smallest absolute Gasteiger partial charge is 0.338 e. The van der Waals surface area contributed by atoms with Crippen molar-refractivity contribution in [3.8, 4) is 0 Å². The molecule has 3 atom stereocenters. The van der Waals surface area contributed by atoms with Gasteiger partial charge in [0.05, 0.1) is 27.2 Å². The van der Waals surface area contributed by atoms with Crippen LogP contribution in [0.25, 0.3) is 0 Å². The average Bonchev–Trinajstić information content (AvgIpc) is 2.83. The zero-order chi connectivity index (χ0) is 25.3. The number of carbonyl (C=O) groups is 2. The van der Waals surface area contributed by atoms with Gasteiger partial charge in [0.2, 0.25) is 0 Å². The lowest BCUT2D eigenvalue weighted by molar-refractivity contribution is -0.385. The van der Waals surface area contributed by atoms with Crippen LogP contribution in [0.3, 0.4) is 0 Å². The second-order valence-electron chi connectivity index (χ2n) is 6.53. The standard InChI is InChI=1S/C20H18FN3O10/c1-32-22-10-16(21)18(34-20(27)13-4-8-15(9-5-13)24(30)31)17(25)11-33-19(26)12-2-6-14(7-3-12)23(28)29/h2-10,16-18,25H,11H2,1H3/t16-,17-,18+/m1/s1. The minimum atomic E-state index is -2.19. The monoisotopic (exact) mass is 479 g/mol. The second-order valence-corrected chi connectivity index (χ2v) is 6.53. The van der Waals surface area contributed by atoms with Crippen LogP contribution in [0.1, 0.15) is 20.7 Å². The summed E-state index contributed by atoms with van der Waals surface area (Å²) in [6.07, 6.45) is -5.33. The molecule has 0 aromatic heterocycles. The van der Waals surface area contributed by atoms with Gasteiger partial charge in [0.15, 0.2) is 12.3 Å². The molecule has 2 rings (SSSR count). The van der Waals surface area contributed by atoms with E-state index in [1.54, 1.807) is 0 Å². The first-order valence-corrected chi connectivity index (χ1v) is 9.39. The molecule has 0 radical (unpaired) electrons. The molecule has 0 saturated heterocycles. The van der Waals surface area contributed by atoms with Crippen LogP contribution in [0.15, 0.2) is 53.7 Å². The summed E-state index contributed by atoms with van der Waals surface area (Å²) in [5.74, 6) is -2.09. The number of hydrogen-bond donors (Lipinski definition) is 1. The van der Waals surface area contributed by atoms with Crippen molar-refractivity contribution in [1.82, 2.24) is 0 Å². The van der Waals surface area contributed by atoms with Crippen LogP contribution in [-0.4, -0.2) is 65.2 Å². The molecule has 34 heavy (non-hydrogen) atoms. The van der Waals surface area contributed by atoms with E-state index in [2.05, 4.69) is 9.99 Å². The quantitative estimate of drug-likeness (QED) is 0.217. The minimum Gasteiger partial charge on any atom is -0.459 e. The number of oxime groups is 1. The third kappa shape index (κ3) is 7.03. The zero-order valence-corrected chi connectivity index (χ0v) is 17.5. The van der Waals surface area contributed by atoms with Crippen molar-refractivity contribution in [3.05, 3.63) is 79.9 Å². The number of nitro groups is 2. The average molecular weight is 479 g/mol. The van der Waals surface area contributed by atoms with Gasteiger partial charge in [-0.15, -0.1) is 0 Å². The van der Waals surface area contributed by atoms with Crippen molar-refractivity contribution in [2.45, 2.75) is 18.4 Å². The second kappa shape index (κ2) is 12.0. The van der Waals surface area contributed by atoms with Crippen molar-refractivity contribution in [2.24, 2.45) is 5.16 Å². The summed E-state index contributed by atoms with van der Waals surface area (Å²) in [6.45, 7) is -0.810. The van der Waals surface area contributed by atoms with E-state index >= 15 is 0 Å². The Kier molecular flexibility index (Phi) is 9.08. The Morgan fingerprint density at radius 1 is 1.00 bits per heavy atom. The molecule has 13 nitrogen and oxygen atoms in total. The number of hydrogen-bond acceptors (Lipinski definition) is 11. The number of halogens is 1.